The topological polar surface area (TPSA) is 78.7 Å². The molecule has 106 valence electrons. The van der Waals surface area contributed by atoms with Gasteiger partial charge in [-0.3, -0.25) is 4.79 Å². The number of urea groups is 1. The van der Waals surface area contributed by atoms with E-state index in [1.165, 1.54) is 6.92 Å². The summed E-state index contributed by atoms with van der Waals surface area (Å²) in [5, 5.41) is 2.86. The number of Topliss-reactive ketones (excluding diaryl/α,β-unsaturated/α-hetero) is 1. The number of amides is 2. The van der Waals surface area contributed by atoms with Crippen molar-refractivity contribution in [3.63, 3.8) is 0 Å². The Labute approximate surface area is 117 Å². The molecule has 20 heavy (non-hydrogen) atoms. The van der Waals surface area contributed by atoms with Crippen LogP contribution in [-0.4, -0.2) is 48.9 Å². The quantitative estimate of drug-likeness (QED) is 0.614. The van der Waals surface area contributed by atoms with E-state index in [0.717, 1.165) is 18.8 Å². The Kier molecular flexibility index (Phi) is 3.00. The number of fused-ring (bicyclic) bond motifs is 1. The zero-order valence-corrected chi connectivity index (χ0v) is 11.4. The van der Waals surface area contributed by atoms with Crippen LogP contribution in [0.25, 0.3) is 0 Å². The standard InChI is InChI=1S/C14H18N4O2/c1-9(19)12-6-10(2-3-13(12)15)17-4-5-18-11(8-17)7-16-14(18)20/h2-3,6,11H,4-5,7-8,15H2,1H3,(H,16,20). The summed E-state index contributed by atoms with van der Waals surface area (Å²) in [5.74, 6) is -0.0271. The smallest absolute Gasteiger partial charge is 0.317 e. The molecular weight excluding hydrogens is 256 g/mol. The molecular formula is C14H18N4O2. The summed E-state index contributed by atoms with van der Waals surface area (Å²) < 4.78 is 0. The summed E-state index contributed by atoms with van der Waals surface area (Å²) in [6, 6.07) is 5.78. The first kappa shape index (κ1) is 12.8. The fourth-order valence-electron chi connectivity index (χ4n) is 2.88. The summed E-state index contributed by atoms with van der Waals surface area (Å²) in [4.78, 5) is 27.2. The third-order valence-electron chi connectivity index (χ3n) is 4.01. The van der Waals surface area contributed by atoms with E-state index in [0.29, 0.717) is 24.3 Å². The summed E-state index contributed by atoms with van der Waals surface area (Å²) in [6.45, 7) is 4.46. The zero-order valence-electron chi connectivity index (χ0n) is 11.4. The van der Waals surface area contributed by atoms with Crippen molar-refractivity contribution in [2.45, 2.75) is 13.0 Å². The van der Waals surface area contributed by atoms with Gasteiger partial charge in [0, 0.05) is 43.1 Å². The van der Waals surface area contributed by atoms with Crippen LogP contribution in [0.1, 0.15) is 17.3 Å². The lowest BCUT2D eigenvalue weighted by Gasteiger charge is -2.38. The van der Waals surface area contributed by atoms with Crippen LogP contribution < -0.4 is 16.0 Å². The molecule has 3 rings (SSSR count). The first-order valence-corrected chi connectivity index (χ1v) is 6.76. The number of nitrogen functional groups attached to an aromatic ring is 1. The zero-order chi connectivity index (χ0) is 14.3. The van der Waals surface area contributed by atoms with Crippen molar-refractivity contribution in [1.82, 2.24) is 10.2 Å². The van der Waals surface area contributed by atoms with Crippen molar-refractivity contribution >= 4 is 23.2 Å². The highest BCUT2D eigenvalue weighted by molar-refractivity contribution is 6.00. The molecule has 1 atom stereocenters. The van der Waals surface area contributed by atoms with Crippen molar-refractivity contribution in [2.75, 3.05) is 36.8 Å². The fraction of sp³-hybridized carbons (Fsp3) is 0.429. The van der Waals surface area contributed by atoms with Gasteiger partial charge in [-0.05, 0) is 25.1 Å². The van der Waals surface area contributed by atoms with Crippen LogP contribution in [0.3, 0.4) is 0 Å². The van der Waals surface area contributed by atoms with Gasteiger partial charge in [0.15, 0.2) is 5.78 Å². The number of nitrogens with zero attached hydrogens (tertiary/aromatic N) is 2. The van der Waals surface area contributed by atoms with Crippen LogP contribution in [0.15, 0.2) is 18.2 Å². The maximum absolute atomic E-state index is 11.6. The van der Waals surface area contributed by atoms with Crippen LogP contribution in [0, 0.1) is 0 Å². The second-order valence-electron chi connectivity index (χ2n) is 5.31. The average molecular weight is 274 g/mol. The fourth-order valence-corrected chi connectivity index (χ4v) is 2.88. The molecule has 0 bridgehead atoms. The van der Waals surface area contributed by atoms with Crippen molar-refractivity contribution in [2.24, 2.45) is 0 Å². The summed E-state index contributed by atoms with van der Waals surface area (Å²) in [7, 11) is 0. The van der Waals surface area contributed by atoms with E-state index < -0.39 is 0 Å². The molecule has 0 spiro atoms. The Bertz CT molecular complexity index is 572. The third-order valence-corrected chi connectivity index (χ3v) is 4.01. The lowest BCUT2D eigenvalue weighted by Crippen LogP contribution is -2.52. The number of rotatable bonds is 2. The van der Waals surface area contributed by atoms with E-state index in [4.69, 9.17) is 5.73 Å². The molecule has 0 radical (unpaired) electrons. The van der Waals surface area contributed by atoms with E-state index >= 15 is 0 Å². The van der Waals surface area contributed by atoms with Gasteiger partial charge in [0.25, 0.3) is 0 Å². The van der Waals surface area contributed by atoms with Crippen LogP contribution in [0.2, 0.25) is 0 Å². The highest BCUT2D eigenvalue weighted by atomic mass is 16.2. The molecule has 6 heteroatoms. The Hall–Kier alpha value is -2.24. The number of ketones is 1. The first-order chi connectivity index (χ1) is 9.56. The molecule has 2 amide bonds. The maximum Gasteiger partial charge on any atom is 0.317 e. The van der Waals surface area contributed by atoms with Gasteiger partial charge in [0.2, 0.25) is 0 Å². The van der Waals surface area contributed by atoms with Crippen LogP contribution in [0.4, 0.5) is 16.2 Å². The molecule has 2 heterocycles. The largest absolute Gasteiger partial charge is 0.398 e. The van der Waals surface area contributed by atoms with E-state index in [2.05, 4.69) is 10.2 Å². The number of piperazine rings is 1. The Balaban J connectivity index is 1.82. The molecule has 2 fully saturated rings. The number of carbonyl (C=O) groups excluding carboxylic acids is 2. The molecule has 1 aromatic rings. The van der Waals surface area contributed by atoms with Crippen LogP contribution in [-0.2, 0) is 0 Å². The minimum atomic E-state index is -0.0271. The van der Waals surface area contributed by atoms with Gasteiger partial charge in [-0.15, -0.1) is 0 Å². The van der Waals surface area contributed by atoms with E-state index in [-0.39, 0.29) is 17.9 Å². The van der Waals surface area contributed by atoms with E-state index in [1.54, 1.807) is 6.07 Å². The Morgan fingerprint density at radius 1 is 1.40 bits per heavy atom. The molecule has 1 aromatic carbocycles. The van der Waals surface area contributed by atoms with Crippen molar-refractivity contribution < 1.29 is 9.59 Å². The minimum absolute atomic E-state index is 0.0244. The number of nitrogens with one attached hydrogen (secondary N) is 1. The number of nitrogens with two attached hydrogens (primary N) is 1. The monoisotopic (exact) mass is 274 g/mol. The van der Waals surface area contributed by atoms with Gasteiger partial charge in [-0.1, -0.05) is 0 Å². The van der Waals surface area contributed by atoms with Gasteiger partial charge in [-0.25, -0.2) is 4.79 Å². The van der Waals surface area contributed by atoms with Crippen molar-refractivity contribution in [3.8, 4) is 0 Å². The molecule has 2 aliphatic heterocycles. The molecule has 0 aromatic heterocycles. The lowest BCUT2D eigenvalue weighted by atomic mass is 10.1. The molecule has 6 nitrogen and oxygen atoms in total. The first-order valence-electron chi connectivity index (χ1n) is 6.76. The van der Waals surface area contributed by atoms with Gasteiger partial charge in [0.05, 0.1) is 6.04 Å². The minimum Gasteiger partial charge on any atom is -0.398 e. The normalized spacial score (nSPS) is 21.6. The highest BCUT2D eigenvalue weighted by Crippen LogP contribution is 2.25. The van der Waals surface area contributed by atoms with Crippen LogP contribution >= 0.6 is 0 Å². The molecule has 2 aliphatic rings. The average Bonchev–Trinajstić information content (AvgIpc) is 2.80. The maximum atomic E-state index is 11.6. The summed E-state index contributed by atoms with van der Waals surface area (Å²) in [6.07, 6.45) is 0. The molecule has 0 saturated carbocycles. The predicted octanol–water partition coefficient (Wildman–Crippen LogP) is 0.685. The van der Waals surface area contributed by atoms with Gasteiger partial charge >= 0.3 is 6.03 Å². The van der Waals surface area contributed by atoms with Gasteiger partial charge in [0.1, 0.15) is 0 Å². The molecule has 1 unspecified atom stereocenters. The molecule has 2 saturated heterocycles. The second-order valence-corrected chi connectivity index (χ2v) is 5.31. The highest BCUT2D eigenvalue weighted by Gasteiger charge is 2.35. The van der Waals surface area contributed by atoms with Gasteiger partial charge < -0.3 is 20.9 Å². The number of carbonyl (C=O) groups is 2. The van der Waals surface area contributed by atoms with Crippen LogP contribution in [0.5, 0.6) is 0 Å². The number of hydrogen-bond donors (Lipinski definition) is 2. The summed E-state index contributed by atoms with van der Waals surface area (Å²) in [5.41, 5.74) is 7.88. The van der Waals surface area contributed by atoms with Gasteiger partial charge in [-0.2, -0.15) is 0 Å². The number of anilines is 2. The van der Waals surface area contributed by atoms with Crippen molar-refractivity contribution in [1.29, 1.82) is 0 Å². The van der Waals surface area contributed by atoms with E-state index in [9.17, 15) is 9.59 Å². The molecule has 0 aliphatic carbocycles. The second kappa shape index (κ2) is 4.70. The lowest BCUT2D eigenvalue weighted by molar-refractivity contribution is 0.101. The third kappa shape index (κ3) is 2.07. The summed E-state index contributed by atoms with van der Waals surface area (Å²) >= 11 is 0. The SMILES string of the molecule is CC(=O)c1cc(N2CCN3C(=O)NCC3C2)ccc1N. The number of hydrogen-bond acceptors (Lipinski definition) is 4. The van der Waals surface area contributed by atoms with E-state index in [1.807, 2.05) is 17.0 Å². The molecule has 3 N–H and O–H groups in total. The Morgan fingerprint density at radius 2 is 2.20 bits per heavy atom. The Morgan fingerprint density at radius 3 is 2.95 bits per heavy atom. The van der Waals surface area contributed by atoms with Crippen molar-refractivity contribution in [3.05, 3.63) is 23.8 Å². The number of benzene rings is 1. The predicted molar refractivity (Wildman–Crippen MR) is 77.0 cm³/mol.